The Hall–Kier alpha value is -0.0400. The predicted octanol–water partition coefficient (Wildman–Crippen LogP) is 4.14. The van der Waals surface area contributed by atoms with Crippen molar-refractivity contribution in [1.29, 1.82) is 0 Å². The summed E-state index contributed by atoms with van der Waals surface area (Å²) in [4.78, 5) is 0. The van der Waals surface area contributed by atoms with Gasteiger partial charge < -0.3 is 5.11 Å². The van der Waals surface area contributed by atoms with E-state index >= 15 is 0 Å². The predicted molar refractivity (Wildman–Crippen MR) is 68.3 cm³/mol. The highest BCUT2D eigenvalue weighted by molar-refractivity contribution is 4.94. The van der Waals surface area contributed by atoms with Gasteiger partial charge in [-0.15, -0.1) is 0 Å². The molecule has 1 N–H and O–H groups in total. The summed E-state index contributed by atoms with van der Waals surface area (Å²) in [5, 5.41) is 10.9. The van der Waals surface area contributed by atoms with Gasteiger partial charge >= 0.3 is 0 Å². The fraction of sp³-hybridized carbons (Fsp3) is 1.00. The second-order valence-electron chi connectivity index (χ2n) is 6.35. The Bertz CT molecular complexity index is 215. The van der Waals surface area contributed by atoms with E-state index in [4.69, 9.17) is 0 Å². The molecule has 0 aromatic heterocycles. The average Bonchev–Trinajstić information content (AvgIpc) is 2.33. The molecule has 16 heavy (non-hydrogen) atoms. The molecule has 2 saturated carbocycles. The maximum Gasteiger partial charge on any atom is 0.0678 e. The first-order valence-corrected chi connectivity index (χ1v) is 7.38. The van der Waals surface area contributed by atoms with Gasteiger partial charge in [-0.05, 0) is 49.9 Å². The first-order valence-electron chi connectivity index (χ1n) is 7.38. The van der Waals surface area contributed by atoms with Gasteiger partial charge in [0.25, 0.3) is 0 Å². The maximum atomic E-state index is 10.9. The molecular weight excluding hydrogens is 196 g/mol. The lowest BCUT2D eigenvalue weighted by Crippen LogP contribution is -2.45. The summed E-state index contributed by atoms with van der Waals surface area (Å²) in [6.45, 7) is 4.63. The minimum Gasteiger partial charge on any atom is -0.390 e. The topological polar surface area (TPSA) is 20.2 Å². The van der Waals surface area contributed by atoms with Crippen molar-refractivity contribution in [1.82, 2.24) is 0 Å². The fourth-order valence-corrected chi connectivity index (χ4v) is 4.04. The molecule has 0 saturated heterocycles. The molecule has 2 aliphatic carbocycles. The third-order valence-corrected chi connectivity index (χ3v) is 5.26. The van der Waals surface area contributed by atoms with Gasteiger partial charge in [-0.2, -0.15) is 0 Å². The van der Waals surface area contributed by atoms with Crippen LogP contribution in [0.15, 0.2) is 0 Å². The highest BCUT2D eigenvalue weighted by Crippen LogP contribution is 2.46. The van der Waals surface area contributed by atoms with E-state index in [0.29, 0.717) is 5.92 Å². The molecule has 0 amide bonds. The molecule has 0 heterocycles. The molecular formula is C15H28O. The van der Waals surface area contributed by atoms with E-state index in [1.54, 1.807) is 0 Å². The molecule has 2 atom stereocenters. The van der Waals surface area contributed by atoms with Crippen LogP contribution in [0.5, 0.6) is 0 Å². The molecule has 2 rings (SSSR count). The normalized spacial score (nSPS) is 45.6. The lowest BCUT2D eigenvalue weighted by molar-refractivity contribution is -0.0896. The summed E-state index contributed by atoms with van der Waals surface area (Å²) in [6.07, 6.45) is 11.3. The second kappa shape index (κ2) is 5.08. The fourth-order valence-electron chi connectivity index (χ4n) is 4.04. The quantitative estimate of drug-likeness (QED) is 0.747. The van der Waals surface area contributed by atoms with Crippen LogP contribution in [0.3, 0.4) is 0 Å². The standard InChI is InChI=1S/C15H28O/c1-3-13-6-4-5-7-14(13)15(16)10-8-12(2)9-11-15/h12-14,16H,3-11H2,1-2H3. The average molecular weight is 224 g/mol. The van der Waals surface area contributed by atoms with Crippen molar-refractivity contribution in [3.05, 3.63) is 0 Å². The zero-order valence-corrected chi connectivity index (χ0v) is 11.0. The first kappa shape index (κ1) is 12.4. The maximum absolute atomic E-state index is 10.9. The monoisotopic (exact) mass is 224 g/mol. The Kier molecular flexibility index (Phi) is 3.94. The van der Waals surface area contributed by atoms with Crippen LogP contribution in [0.1, 0.15) is 71.6 Å². The van der Waals surface area contributed by atoms with Crippen molar-refractivity contribution in [3.63, 3.8) is 0 Å². The van der Waals surface area contributed by atoms with Crippen LogP contribution in [-0.4, -0.2) is 10.7 Å². The first-order chi connectivity index (χ1) is 7.65. The van der Waals surface area contributed by atoms with E-state index in [1.807, 2.05) is 0 Å². The lowest BCUT2D eigenvalue weighted by Gasteiger charge is -2.46. The third kappa shape index (κ3) is 2.45. The van der Waals surface area contributed by atoms with Gasteiger partial charge in [0.15, 0.2) is 0 Å². The minimum absolute atomic E-state index is 0.298. The zero-order chi connectivity index (χ0) is 11.6. The Balaban J connectivity index is 2.03. The van der Waals surface area contributed by atoms with Crippen molar-refractivity contribution in [2.45, 2.75) is 77.2 Å². The summed E-state index contributed by atoms with van der Waals surface area (Å²) < 4.78 is 0. The Morgan fingerprint density at radius 2 is 1.69 bits per heavy atom. The summed E-state index contributed by atoms with van der Waals surface area (Å²) >= 11 is 0. The molecule has 1 nitrogen and oxygen atoms in total. The zero-order valence-electron chi connectivity index (χ0n) is 11.0. The van der Waals surface area contributed by atoms with E-state index in [0.717, 1.165) is 24.7 Å². The van der Waals surface area contributed by atoms with Gasteiger partial charge in [0.05, 0.1) is 5.60 Å². The van der Waals surface area contributed by atoms with Crippen LogP contribution in [0.2, 0.25) is 0 Å². The highest BCUT2D eigenvalue weighted by Gasteiger charge is 2.43. The van der Waals surface area contributed by atoms with E-state index in [9.17, 15) is 5.11 Å². The minimum atomic E-state index is -0.298. The van der Waals surface area contributed by atoms with Crippen molar-refractivity contribution in [2.75, 3.05) is 0 Å². The molecule has 0 bridgehead atoms. The molecule has 0 aromatic carbocycles. The Labute approximate surface area is 101 Å². The van der Waals surface area contributed by atoms with Crippen molar-refractivity contribution in [3.8, 4) is 0 Å². The lowest BCUT2D eigenvalue weighted by atomic mass is 9.63. The molecule has 0 spiro atoms. The number of hydrogen-bond acceptors (Lipinski definition) is 1. The van der Waals surface area contributed by atoms with Gasteiger partial charge in [0, 0.05) is 0 Å². The number of hydrogen-bond donors (Lipinski definition) is 1. The molecule has 2 unspecified atom stereocenters. The summed E-state index contributed by atoms with van der Waals surface area (Å²) in [5.74, 6) is 2.25. The van der Waals surface area contributed by atoms with Crippen molar-refractivity contribution < 1.29 is 5.11 Å². The number of aliphatic hydroxyl groups is 1. The van der Waals surface area contributed by atoms with Gasteiger partial charge in [0.2, 0.25) is 0 Å². The van der Waals surface area contributed by atoms with Gasteiger partial charge in [-0.25, -0.2) is 0 Å². The molecule has 0 aliphatic heterocycles. The molecule has 94 valence electrons. The second-order valence-corrected chi connectivity index (χ2v) is 6.35. The Morgan fingerprint density at radius 1 is 1.06 bits per heavy atom. The van der Waals surface area contributed by atoms with Gasteiger partial charge in [-0.1, -0.05) is 39.5 Å². The third-order valence-electron chi connectivity index (χ3n) is 5.26. The number of rotatable bonds is 2. The van der Waals surface area contributed by atoms with E-state index in [-0.39, 0.29) is 5.60 Å². The van der Waals surface area contributed by atoms with Crippen LogP contribution in [0.25, 0.3) is 0 Å². The van der Waals surface area contributed by atoms with Crippen LogP contribution >= 0.6 is 0 Å². The van der Waals surface area contributed by atoms with Crippen molar-refractivity contribution >= 4 is 0 Å². The molecule has 1 heteroatoms. The van der Waals surface area contributed by atoms with E-state index < -0.39 is 0 Å². The molecule has 2 aliphatic rings. The molecule has 2 fully saturated rings. The molecule has 0 aromatic rings. The van der Waals surface area contributed by atoms with Crippen LogP contribution in [-0.2, 0) is 0 Å². The molecule has 0 radical (unpaired) electrons. The van der Waals surface area contributed by atoms with E-state index in [2.05, 4.69) is 13.8 Å². The Morgan fingerprint density at radius 3 is 2.31 bits per heavy atom. The van der Waals surface area contributed by atoms with Crippen LogP contribution in [0, 0.1) is 17.8 Å². The highest BCUT2D eigenvalue weighted by atomic mass is 16.3. The van der Waals surface area contributed by atoms with Gasteiger partial charge in [0.1, 0.15) is 0 Å². The SMILES string of the molecule is CCC1CCCCC1C1(O)CCC(C)CC1. The summed E-state index contributed by atoms with van der Waals surface area (Å²) in [5.41, 5.74) is -0.298. The van der Waals surface area contributed by atoms with Gasteiger partial charge in [-0.3, -0.25) is 0 Å². The largest absolute Gasteiger partial charge is 0.390 e. The van der Waals surface area contributed by atoms with Crippen LogP contribution in [0.4, 0.5) is 0 Å². The summed E-state index contributed by atoms with van der Waals surface area (Å²) in [7, 11) is 0. The van der Waals surface area contributed by atoms with Crippen LogP contribution < -0.4 is 0 Å². The summed E-state index contributed by atoms with van der Waals surface area (Å²) in [6, 6.07) is 0. The van der Waals surface area contributed by atoms with E-state index in [1.165, 1.54) is 44.9 Å². The van der Waals surface area contributed by atoms with Crippen molar-refractivity contribution in [2.24, 2.45) is 17.8 Å². The smallest absolute Gasteiger partial charge is 0.0678 e.